The van der Waals surface area contributed by atoms with E-state index in [1.54, 1.807) is 6.33 Å². The van der Waals surface area contributed by atoms with Crippen LogP contribution in [0.25, 0.3) is 0 Å². The predicted octanol–water partition coefficient (Wildman–Crippen LogP) is 1.07. The van der Waals surface area contributed by atoms with Crippen LogP contribution in [0.2, 0.25) is 0 Å². The van der Waals surface area contributed by atoms with E-state index in [9.17, 15) is 0 Å². The molecule has 1 aromatic heterocycles. The normalized spacial score (nSPS) is 23.7. The van der Waals surface area contributed by atoms with Crippen molar-refractivity contribution in [2.45, 2.75) is 37.9 Å². The van der Waals surface area contributed by atoms with E-state index in [1.165, 1.54) is 24.2 Å². The van der Waals surface area contributed by atoms with Crippen molar-refractivity contribution in [2.24, 2.45) is 0 Å². The van der Waals surface area contributed by atoms with Gasteiger partial charge < -0.3 is 10.3 Å². The molecule has 17 heavy (non-hydrogen) atoms. The maximum atomic E-state index is 4.39. The van der Waals surface area contributed by atoms with Gasteiger partial charge in [0.25, 0.3) is 0 Å². The lowest BCUT2D eigenvalue weighted by molar-refractivity contribution is 0.247. The number of rotatable bonds is 5. The third-order valence-electron chi connectivity index (χ3n) is 3.70. The van der Waals surface area contributed by atoms with Crippen molar-refractivity contribution >= 4 is 0 Å². The summed E-state index contributed by atoms with van der Waals surface area (Å²) in [5.74, 6) is 0. The highest BCUT2D eigenvalue weighted by molar-refractivity contribution is 5.16. The number of hydrogen-bond acceptors (Lipinski definition) is 3. The standard InChI is InChI=1S/C13H20N4/c1-2-5-17(11-3-4-11)8-10-6-12-13(7-14-10)16-9-15-12/h2,9-11,14H,1,3-8H2,(H,15,16). The Kier molecular flexibility index (Phi) is 2.99. The van der Waals surface area contributed by atoms with Crippen LogP contribution in [-0.4, -0.2) is 40.0 Å². The Morgan fingerprint density at radius 1 is 1.53 bits per heavy atom. The molecule has 0 aromatic carbocycles. The zero-order valence-electron chi connectivity index (χ0n) is 10.2. The summed E-state index contributed by atoms with van der Waals surface area (Å²) in [5.41, 5.74) is 2.49. The lowest BCUT2D eigenvalue weighted by Crippen LogP contribution is -2.45. The molecule has 1 fully saturated rings. The summed E-state index contributed by atoms with van der Waals surface area (Å²) >= 11 is 0. The molecule has 1 saturated carbocycles. The van der Waals surface area contributed by atoms with Gasteiger partial charge in [0.2, 0.25) is 0 Å². The SMILES string of the molecule is C=CCN(CC1Cc2nc[nH]c2CN1)C1CC1. The number of nitrogens with zero attached hydrogens (tertiary/aromatic N) is 2. The summed E-state index contributed by atoms with van der Waals surface area (Å²) in [7, 11) is 0. The van der Waals surface area contributed by atoms with E-state index in [1.807, 2.05) is 6.08 Å². The van der Waals surface area contributed by atoms with Crippen molar-refractivity contribution < 1.29 is 0 Å². The first-order chi connectivity index (χ1) is 8.36. The minimum absolute atomic E-state index is 0.534. The summed E-state index contributed by atoms with van der Waals surface area (Å²) in [6, 6.07) is 1.33. The molecule has 0 radical (unpaired) electrons. The third kappa shape index (κ3) is 2.42. The Bertz CT molecular complexity index is 394. The molecule has 0 saturated heterocycles. The van der Waals surface area contributed by atoms with Crippen LogP contribution in [-0.2, 0) is 13.0 Å². The largest absolute Gasteiger partial charge is 0.347 e. The van der Waals surface area contributed by atoms with Gasteiger partial charge in [-0.15, -0.1) is 6.58 Å². The molecule has 4 heteroatoms. The number of nitrogens with one attached hydrogen (secondary N) is 2. The molecule has 0 bridgehead atoms. The van der Waals surface area contributed by atoms with Gasteiger partial charge in [-0.3, -0.25) is 4.90 Å². The van der Waals surface area contributed by atoms with Gasteiger partial charge >= 0.3 is 0 Å². The summed E-state index contributed by atoms with van der Waals surface area (Å²) in [4.78, 5) is 10.1. The Morgan fingerprint density at radius 2 is 2.41 bits per heavy atom. The summed E-state index contributed by atoms with van der Waals surface area (Å²) < 4.78 is 0. The van der Waals surface area contributed by atoms with E-state index < -0.39 is 0 Å². The first kappa shape index (κ1) is 11.0. The molecule has 2 aliphatic rings. The average molecular weight is 232 g/mol. The second kappa shape index (κ2) is 4.63. The molecule has 1 aliphatic carbocycles. The molecular weight excluding hydrogens is 212 g/mol. The number of fused-ring (bicyclic) bond motifs is 1. The second-order valence-corrected chi connectivity index (χ2v) is 5.08. The van der Waals surface area contributed by atoms with Crippen LogP contribution in [0, 0.1) is 0 Å². The predicted molar refractivity (Wildman–Crippen MR) is 67.7 cm³/mol. The fraction of sp³-hybridized carbons (Fsp3) is 0.615. The van der Waals surface area contributed by atoms with Crippen LogP contribution in [0.15, 0.2) is 19.0 Å². The Balaban J connectivity index is 1.60. The molecule has 0 amide bonds. The van der Waals surface area contributed by atoms with E-state index in [-0.39, 0.29) is 0 Å². The highest BCUT2D eigenvalue weighted by Crippen LogP contribution is 2.27. The number of aromatic amines is 1. The van der Waals surface area contributed by atoms with Crippen LogP contribution in [0.4, 0.5) is 0 Å². The van der Waals surface area contributed by atoms with Crippen molar-refractivity contribution in [3.63, 3.8) is 0 Å². The Labute approximate surface area is 102 Å². The van der Waals surface area contributed by atoms with E-state index >= 15 is 0 Å². The molecule has 2 heterocycles. The molecule has 0 spiro atoms. The molecule has 2 N–H and O–H groups in total. The van der Waals surface area contributed by atoms with Gasteiger partial charge in [0.1, 0.15) is 0 Å². The van der Waals surface area contributed by atoms with Crippen LogP contribution in [0.3, 0.4) is 0 Å². The quantitative estimate of drug-likeness (QED) is 0.747. The molecular formula is C13H20N4. The molecule has 1 unspecified atom stereocenters. The maximum Gasteiger partial charge on any atom is 0.0925 e. The van der Waals surface area contributed by atoms with E-state index in [0.29, 0.717) is 6.04 Å². The van der Waals surface area contributed by atoms with Gasteiger partial charge in [0.15, 0.2) is 0 Å². The van der Waals surface area contributed by atoms with Crippen LogP contribution < -0.4 is 5.32 Å². The smallest absolute Gasteiger partial charge is 0.0925 e. The molecule has 1 atom stereocenters. The van der Waals surface area contributed by atoms with Crippen LogP contribution in [0.5, 0.6) is 0 Å². The number of hydrogen-bond donors (Lipinski definition) is 2. The van der Waals surface area contributed by atoms with E-state index in [2.05, 4.69) is 26.8 Å². The maximum absolute atomic E-state index is 4.39. The third-order valence-corrected chi connectivity index (χ3v) is 3.70. The summed E-state index contributed by atoms with van der Waals surface area (Å²) in [6.45, 7) is 6.90. The first-order valence-electron chi connectivity index (χ1n) is 6.46. The van der Waals surface area contributed by atoms with Gasteiger partial charge in [-0.25, -0.2) is 4.98 Å². The average Bonchev–Trinajstić information content (AvgIpc) is 3.07. The van der Waals surface area contributed by atoms with Crippen molar-refractivity contribution in [1.82, 2.24) is 20.2 Å². The highest BCUT2D eigenvalue weighted by atomic mass is 15.2. The summed E-state index contributed by atoms with van der Waals surface area (Å²) in [5, 5.41) is 3.59. The topological polar surface area (TPSA) is 44.0 Å². The highest BCUT2D eigenvalue weighted by Gasteiger charge is 2.31. The first-order valence-corrected chi connectivity index (χ1v) is 6.46. The lowest BCUT2D eigenvalue weighted by Gasteiger charge is -2.29. The van der Waals surface area contributed by atoms with Gasteiger partial charge in [-0.2, -0.15) is 0 Å². The molecule has 4 nitrogen and oxygen atoms in total. The van der Waals surface area contributed by atoms with Crippen molar-refractivity contribution in [3.05, 3.63) is 30.4 Å². The van der Waals surface area contributed by atoms with Gasteiger partial charge in [-0.1, -0.05) is 6.08 Å². The Hall–Kier alpha value is -1.13. The van der Waals surface area contributed by atoms with E-state index in [0.717, 1.165) is 32.1 Å². The minimum Gasteiger partial charge on any atom is -0.347 e. The molecule has 1 aromatic rings. The lowest BCUT2D eigenvalue weighted by atomic mass is 10.0. The zero-order chi connectivity index (χ0) is 11.7. The molecule has 92 valence electrons. The van der Waals surface area contributed by atoms with Gasteiger partial charge in [-0.05, 0) is 12.8 Å². The second-order valence-electron chi connectivity index (χ2n) is 5.08. The molecule has 3 rings (SSSR count). The Morgan fingerprint density at radius 3 is 3.18 bits per heavy atom. The monoisotopic (exact) mass is 232 g/mol. The van der Waals surface area contributed by atoms with Crippen molar-refractivity contribution in [2.75, 3.05) is 13.1 Å². The van der Waals surface area contributed by atoms with Crippen LogP contribution in [0.1, 0.15) is 24.2 Å². The number of H-pyrrole nitrogens is 1. The number of aromatic nitrogens is 2. The van der Waals surface area contributed by atoms with Gasteiger partial charge in [0, 0.05) is 38.1 Å². The van der Waals surface area contributed by atoms with Crippen molar-refractivity contribution in [1.29, 1.82) is 0 Å². The number of imidazole rings is 1. The van der Waals surface area contributed by atoms with Crippen LogP contribution >= 0.6 is 0 Å². The van der Waals surface area contributed by atoms with Gasteiger partial charge in [0.05, 0.1) is 17.7 Å². The zero-order valence-corrected chi connectivity index (χ0v) is 10.2. The fourth-order valence-electron chi connectivity index (χ4n) is 2.62. The summed E-state index contributed by atoms with van der Waals surface area (Å²) in [6.07, 6.45) is 7.57. The van der Waals surface area contributed by atoms with Crippen molar-refractivity contribution in [3.8, 4) is 0 Å². The fourth-order valence-corrected chi connectivity index (χ4v) is 2.62. The van der Waals surface area contributed by atoms with E-state index in [4.69, 9.17) is 0 Å². The minimum atomic E-state index is 0.534. The molecule has 1 aliphatic heterocycles.